The van der Waals surface area contributed by atoms with Crippen LogP contribution in [-0.4, -0.2) is 42.6 Å². The van der Waals surface area contributed by atoms with Crippen molar-refractivity contribution < 1.29 is 9.53 Å². The van der Waals surface area contributed by atoms with Crippen molar-refractivity contribution in [1.82, 2.24) is 4.90 Å². The van der Waals surface area contributed by atoms with Crippen molar-refractivity contribution in [1.29, 1.82) is 0 Å². The van der Waals surface area contributed by atoms with Crippen LogP contribution < -0.4 is 5.73 Å². The molecule has 1 aromatic heterocycles. The first kappa shape index (κ1) is 15.4. The molecule has 0 aliphatic heterocycles. The molecule has 2 N–H and O–H groups in total. The maximum absolute atomic E-state index is 12.6. The first-order valence-electron chi connectivity index (χ1n) is 6.80. The van der Waals surface area contributed by atoms with Gasteiger partial charge in [-0.3, -0.25) is 4.79 Å². The van der Waals surface area contributed by atoms with Crippen LogP contribution in [0.25, 0.3) is 0 Å². The molecular weight excluding hydrogens is 292 g/mol. The standard InChI is InChI=1S/C14H20N2O2S2/c1-18-8-7-16(6-5-13(15)19)14(17)12-9-10-3-2-4-11(10)20-12/h9H,2-8H2,1H3,(H2,15,19). The molecule has 0 unspecified atom stereocenters. The molecule has 0 spiro atoms. The molecule has 0 bridgehead atoms. The number of thiocarbonyl (C=S) groups is 1. The summed E-state index contributed by atoms with van der Waals surface area (Å²) in [5.41, 5.74) is 6.88. The van der Waals surface area contributed by atoms with Gasteiger partial charge in [0.15, 0.2) is 0 Å². The number of fused-ring (bicyclic) bond motifs is 1. The zero-order chi connectivity index (χ0) is 14.5. The number of nitrogens with two attached hydrogens (primary N) is 1. The fourth-order valence-corrected chi connectivity index (χ4v) is 3.66. The Bertz CT molecular complexity index is 478. The van der Waals surface area contributed by atoms with E-state index in [-0.39, 0.29) is 5.91 Å². The number of ether oxygens (including phenoxy) is 1. The monoisotopic (exact) mass is 312 g/mol. The van der Waals surface area contributed by atoms with Crippen molar-refractivity contribution in [3.63, 3.8) is 0 Å². The Morgan fingerprint density at radius 3 is 2.95 bits per heavy atom. The van der Waals surface area contributed by atoms with Crippen LogP contribution in [0.15, 0.2) is 6.07 Å². The molecule has 20 heavy (non-hydrogen) atoms. The van der Waals surface area contributed by atoms with Gasteiger partial charge in [0, 0.05) is 31.5 Å². The van der Waals surface area contributed by atoms with E-state index in [0.717, 1.165) is 17.7 Å². The van der Waals surface area contributed by atoms with Crippen LogP contribution in [-0.2, 0) is 17.6 Å². The molecule has 1 aliphatic carbocycles. The Balaban J connectivity index is 2.05. The zero-order valence-corrected chi connectivity index (χ0v) is 13.3. The third-order valence-electron chi connectivity index (χ3n) is 3.44. The number of thiophene rings is 1. The van der Waals surface area contributed by atoms with Gasteiger partial charge in [-0.25, -0.2) is 0 Å². The lowest BCUT2D eigenvalue weighted by molar-refractivity contribution is 0.0706. The number of carbonyl (C=O) groups excluding carboxylic acids is 1. The van der Waals surface area contributed by atoms with Crippen LogP contribution >= 0.6 is 23.6 Å². The normalized spacial score (nSPS) is 13.2. The second-order valence-electron chi connectivity index (χ2n) is 4.91. The summed E-state index contributed by atoms with van der Waals surface area (Å²) >= 11 is 6.52. The van der Waals surface area contributed by atoms with Crippen molar-refractivity contribution in [2.24, 2.45) is 5.73 Å². The number of hydrogen-bond acceptors (Lipinski definition) is 4. The summed E-state index contributed by atoms with van der Waals surface area (Å²) in [6.45, 7) is 1.65. The van der Waals surface area contributed by atoms with E-state index in [1.54, 1.807) is 23.3 Å². The Morgan fingerprint density at radius 1 is 1.50 bits per heavy atom. The van der Waals surface area contributed by atoms with Gasteiger partial charge in [-0.15, -0.1) is 11.3 Å². The molecule has 0 saturated heterocycles. The summed E-state index contributed by atoms with van der Waals surface area (Å²) < 4.78 is 5.07. The fraction of sp³-hybridized carbons (Fsp3) is 0.571. The molecule has 4 nitrogen and oxygen atoms in total. The fourth-order valence-electron chi connectivity index (χ4n) is 2.35. The molecule has 6 heteroatoms. The molecule has 0 aromatic carbocycles. The van der Waals surface area contributed by atoms with Crippen molar-refractivity contribution in [2.45, 2.75) is 25.7 Å². The van der Waals surface area contributed by atoms with Gasteiger partial charge in [0.2, 0.25) is 0 Å². The second-order valence-corrected chi connectivity index (χ2v) is 6.58. The van der Waals surface area contributed by atoms with Crippen LogP contribution in [0.2, 0.25) is 0 Å². The molecule has 1 aromatic rings. The number of rotatable bonds is 7. The molecule has 110 valence electrons. The minimum absolute atomic E-state index is 0.0673. The average Bonchev–Trinajstić information content (AvgIpc) is 2.98. The minimum atomic E-state index is 0.0673. The van der Waals surface area contributed by atoms with Gasteiger partial charge in [0.1, 0.15) is 0 Å². The van der Waals surface area contributed by atoms with E-state index in [2.05, 4.69) is 6.07 Å². The average molecular weight is 312 g/mol. The molecule has 0 fully saturated rings. The Morgan fingerprint density at radius 2 is 2.30 bits per heavy atom. The van der Waals surface area contributed by atoms with E-state index >= 15 is 0 Å². The molecule has 1 amide bonds. The molecule has 0 saturated carbocycles. The maximum Gasteiger partial charge on any atom is 0.264 e. The Hall–Kier alpha value is -0.980. The van der Waals surface area contributed by atoms with Crippen LogP contribution in [0, 0.1) is 0 Å². The van der Waals surface area contributed by atoms with Gasteiger partial charge < -0.3 is 15.4 Å². The molecule has 1 aliphatic rings. The topological polar surface area (TPSA) is 55.6 Å². The molecule has 0 atom stereocenters. The van der Waals surface area contributed by atoms with Gasteiger partial charge in [-0.05, 0) is 30.9 Å². The predicted molar refractivity (Wildman–Crippen MR) is 85.5 cm³/mol. The number of carbonyl (C=O) groups is 1. The SMILES string of the molecule is COCCN(CCC(N)=S)C(=O)c1cc2c(s1)CCC2. The number of aryl methyl sites for hydroxylation is 2. The van der Waals surface area contributed by atoms with Gasteiger partial charge in [-0.1, -0.05) is 12.2 Å². The Labute approximate surface area is 128 Å². The summed E-state index contributed by atoms with van der Waals surface area (Å²) in [5, 5.41) is 0. The molecule has 2 rings (SSSR count). The van der Waals surface area contributed by atoms with Gasteiger partial charge in [0.25, 0.3) is 5.91 Å². The largest absolute Gasteiger partial charge is 0.393 e. The smallest absolute Gasteiger partial charge is 0.264 e. The summed E-state index contributed by atoms with van der Waals surface area (Å²) in [7, 11) is 1.63. The van der Waals surface area contributed by atoms with E-state index in [1.165, 1.54) is 16.9 Å². The predicted octanol–water partition coefficient (Wildman–Crippen LogP) is 2.00. The summed E-state index contributed by atoms with van der Waals surface area (Å²) in [6, 6.07) is 2.05. The molecular formula is C14H20N2O2S2. The number of nitrogens with zero attached hydrogens (tertiary/aromatic N) is 1. The van der Waals surface area contributed by atoms with Crippen molar-refractivity contribution in [3.05, 3.63) is 21.4 Å². The zero-order valence-electron chi connectivity index (χ0n) is 11.7. The summed E-state index contributed by atoms with van der Waals surface area (Å²) in [6.07, 6.45) is 3.97. The van der Waals surface area contributed by atoms with Crippen molar-refractivity contribution in [3.8, 4) is 0 Å². The summed E-state index contributed by atoms with van der Waals surface area (Å²) in [4.78, 5) is 17.0. The highest BCUT2D eigenvalue weighted by Crippen LogP contribution is 2.31. The highest BCUT2D eigenvalue weighted by molar-refractivity contribution is 7.80. The Kier molecular flexibility index (Phi) is 5.51. The first-order chi connectivity index (χ1) is 9.61. The highest BCUT2D eigenvalue weighted by atomic mass is 32.1. The highest BCUT2D eigenvalue weighted by Gasteiger charge is 2.22. The van der Waals surface area contributed by atoms with Gasteiger partial charge in [-0.2, -0.15) is 0 Å². The summed E-state index contributed by atoms with van der Waals surface area (Å²) in [5.74, 6) is 0.0673. The quantitative estimate of drug-likeness (QED) is 0.783. The van der Waals surface area contributed by atoms with Crippen LogP contribution in [0.1, 0.15) is 33.0 Å². The molecule has 1 heterocycles. The maximum atomic E-state index is 12.6. The minimum Gasteiger partial charge on any atom is -0.393 e. The lowest BCUT2D eigenvalue weighted by Crippen LogP contribution is -2.35. The van der Waals surface area contributed by atoms with Gasteiger partial charge >= 0.3 is 0 Å². The third-order valence-corrected chi connectivity index (χ3v) is 4.87. The number of hydrogen-bond donors (Lipinski definition) is 1. The second kappa shape index (κ2) is 7.15. The van der Waals surface area contributed by atoms with E-state index < -0.39 is 0 Å². The lowest BCUT2D eigenvalue weighted by atomic mass is 10.2. The van der Waals surface area contributed by atoms with Gasteiger partial charge in [0.05, 0.1) is 16.5 Å². The van der Waals surface area contributed by atoms with E-state index in [0.29, 0.717) is 31.1 Å². The van der Waals surface area contributed by atoms with E-state index in [4.69, 9.17) is 22.7 Å². The van der Waals surface area contributed by atoms with Crippen LogP contribution in [0.4, 0.5) is 0 Å². The van der Waals surface area contributed by atoms with Crippen LogP contribution in [0.3, 0.4) is 0 Å². The first-order valence-corrected chi connectivity index (χ1v) is 8.02. The van der Waals surface area contributed by atoms with E-state index in [1.807, 2.05) is 0 Å². The van der Waals surface area contributed by atoms with E-state index in [9.17, 15) is 4.79 Å². The number of amides is 1. The third kappa shape index (κ3) is 3.77. The van der Waals surface area contributed by atoms with Crippen molar-refractivity contribution in [2.75, 3.05) is 26.8 Å². The van der Waals surface area contributed by atoms with Crippen LogP contribution in [0.5, 0.6) is 0 Å². The molecule has 0 radical (unpaired) electrons. The number of methoxy groups -OCH3 is 1. The lowest BCUT2D eigenvalue weighted by Gasteiger charge is -2.21. The van der Waals surface area contributed by atoms with Crippen molar-refractivity contribution >= 4 is 34.5 Å².